The van der Waals surface area contributed by atoms with Crippen molar-refractivity contribution >= 4 is 5.82 Å². The molecular formula is C15H21N3. The molecule has 18 heavy (non-hydrogen) atoms. The molecular weight excluding hydrogens is 222 g/mol. The van der Waals surface area contributed by atoms with Gasteiger partial charge in [-0.15, -0.1) is 0 Å². The molecule has 2 rings (SSSR count). The Morgan fingerprint density at radius 3 is 1.83 bits per heavy atom. The number of hydrogen-bond acceptors (Lipinski definition) is 2. The van der Waals surface area contributed by atoms with E-state index in [9.17, 15) is 0 Å². The molecule has 0 spiro atoms. The summed E-state index contributed by atoms with van der Waals surface area (Å²) in [6, 6.07) is 2.23. The van der Waals surface area contributed by atoms with E-state index in [-0.39, 0.29) is 0 Å². The Morgan fingerprint density at radius 1 is 0.944 bits per heavy atom. The summed E-state index contributed by atoms with van der Waals surface area (Å²) in [4.78, 5) is 0. The summed E-state index contributed by atoms with van der Waals surface area (Å²) < 4.78 is 1.75. The van der Waals surface area contributed by atoms with Crippen LogP contribution in [0.3, 0.4) is 0 Å². The Hall–Kier alpha value is -1.77. The van der Waals surface area contributed by atoms with Crippen molar-refractivity contribution in [3.8, 4) is 11.1 Å². The summed E-state index contributed by atoms with van der Waals surface area (Å²) in [5.41, 5.74) is 14.7. The number of aryl methyl sites for hydroxylation is 4. The molecule has 0 bridgehead atoms. The number of nitrogen functional groups attached to an aromatic ring is 1. The highest BCUT2D eigenvalue weighted by Crippen LogP contribution is 2.36. The molecule has 0 radical (unpaired) electrons. The lowest BCUT2D eigenvalue weighted by Crippen LogP contribution is -2.00. The maximum absolute atomic E-state index is 6.17. The molecule has 0 amide bonds. The minimum Gasteiger partial charge on any atom is -0.383 e. The number of nitrogens with two attached hydrogens (primary N) is 1. The van der Waals surface area contributed by atoms with Crippen LogP contribution in [0.15, 0.2) is 6.07 Å². The number of aromatic nitrogens is 2. The van der Waals surface area contributed by atoms with Crippen LogP contribution in [0.5, 0.6) is 0 Å². The first-order chi connectivity index (χ1) is 8.34. The number of hydrogen-bond donors (Lipinski definition) is 1. The first kappa shape index (κ1) is 12.7. The predicted octanol–water partition coefficient (Wildman–Crippen LogP) is 3.21. The molecule has 3 nitrogen and oxygen atoms in total. The van der Waals surface area contributed by atoms with Crippen LogP contribution < -0.4 is 5.73 Å². The van der Waals surface area contributed by atoms with Crippen LogP contribution >= 0.6 is 0 Å². The Labute approximate surface area is 109 Å². The van der Waals surface area contributed by atoms with Gasteiger partial charge in [0.05, 0.1) is 5.69 Å². The van der Waals surface area contributed by atoms with Crippen molar-refractivity contribution in [2.45, 2.75) is 34.6 Å². The van der Waals surface area contributed by atoms with Gasteiger partial charge in [0, 0.05) is 12.6 Å². The fourth-order valence-electron chi connectivity index (χ4n) is 2.58. The second-order valence-electron chi connectivity index (χ2n) is 5.10. The molecule has 2 aromatic rings. The van der Waals surface area contributed by atoms with Gasteiger partial charge in [-0.1, -0.05) is 6.07 Å². The zero-order chi connectivity index (χ0) is 13.6. The highest BCUT2D eigenvalue weighted by Gasteiger charge is 2.18. The molecule has 0 fully saturated rings. The first-order valence-corrected chi connectivity index (χ1v) is 6.21. The lowest BCUT2D eigenvalue weighted by atomic mass is 9.89. The van der Waals surface area contributed by atoms with Crippen molar-refractivity contribution in [2.24, 2.45) is 7.05 Å². The number of rotatable bonds is 1. The van der Waals surface area contributed by atoms with Crippen molar-refractivity contribution in [2.75, 3.05) is 5.73 Å². The predicted molar refractivity (Wildman–Crippen MR) is 76.7 cm³/mol. The van der Waals surface area contributed by atoms with E-state index in [1.807, 2.05) is 14.0 Å². The molecule has 3 heteroatoms. The van der Waals surface area contributed by atoms with Crippen molar-refractivity contribution in [1.82, 2.24) is 9.78 Å². The van der Waals surface area contributed by atoms with Gasteiger partial charge in [-0.3, -0.25) is 4.68 Å². The summed E-state index contributed by atoms with van der Waals surface area (Å²) in [6.07, 6.45) is 0. The smallest absolute Gasteiger partial charge is 0.129 e. The molecule has 1 heterocycles. The molecule has 0 aliphatic carbocycles. The van der Waals surface area contributed by atoms with Gasteiger partial charge < -0.3 is 5.73 Å². The molecule has 0 saturated heterocycles. The summed E-state index contributed by atoms with van der Waals surface area (Å²) in [5, 5.41) is 4.42. The molecule has 1 aromatic carbocycles. The van der Waals surface area contributed by atoms with Crippen LogP contribution in [0.2, 0.25) is 0 Å². The van der Waals surface area contributed by atoms with Crippen LogP contribution in [0, 0.1) is 34.6 Å². The molecule has 0 aliphatic heterocycles. The van der Waals surface area contributed by atoms with E-state index in [2.05, 4.69) is 38.9 Å². The third-order valence-electron chi connectivity index (χ3n) is 3.88. The van der Waals surface area contributed by atoms with Gasteiger partial charge >= 0.3 is 0 Å². The molecule has 1 aromatic heterocycles. The lowest BCUT2D eigenvalue weighted by molar-refractivity contribution is 0.767. The van der Waals surface area contributed by atoms with E-state index in [1.54, 1.807) is 4.68 Å². The largest absolute Gasteiger partial charge is 0.383 e. The monoisotopic (exact) mass is 243 g/mol. The third kappa shape index (κ3) is 1.70. The van der Waals surface area contributed by atoms with Crippen molar-refractivity contribution < 1.29 is 0 Å². The fraction of sp³-hybridized carbons (Fsp3) is 0.400. The molecule has 0 atom stereocenters. The van der Waals surface area contributed by atoms with Crippen molar-refractivity contribution in [3.05, 3.63) is 34.0 Å². The molecule has 0 aliphatic rings. The van der Waals surface area contributed by atoms with Gasteiger partial charge in [0.2, 0.25) is 0 Å². The SMILES string of the molecule is Cc1cc(C)c(C)c(-c2c(C)nn(C)c2N)c1C. The van der Waals surface area contributed by atoms with Gasteiger partial charge in [0.15, 0.2) is 0 Å². The topological polar surface area (TPSA) is 43.8 Å². The summed E-state index contributed by atoms with van der Waals surface area (Å²) >= 11 is 0. The zero-order valence-electron chi connectivity index (χ0n) is 12.0. The van der Waals surface area contributed by atoms with E-state index in [4.69, 9.17) is 5.73 Å². The Kier molecular flexibility index (Phi) is 2.93. The normalized spacial score (nSPS) is 11.0. The number of anilines is 1. The third-order valence-corrected chi connectivity index (χ3v) is 3.88. The number of benzene rings is 1. The maximum atomic E-state index is 6.17. The minimum absolute atomic E-state index is 0.740. The second kappa shape index (κ2) is 4.16. The van der Waals surface area contributed by atoms with E-state index >= 15 is 0 Å². The van der Waals surface area contributed by atoms with Gasteiger partial charge in [-0.05, 0) is 62.4 Å². The molecule has 0 unspecified atom stereocenters. The maximum Gasteiger partial charge on any atom is 0.129 e. The van der Waals surface area contributed by atoms with Crippen LogP contribution in [0.25, 0.3) is 11.1 Å². The minimum atomic E-state index is 0.740. The van der Waals surface area contributed by atoms with Gasteiger partial charge in [-0.2, -0.15) is 5.10 Å². The summed E-state index contributed by atoms with van der Waals surface area (Å²) in [5.74, 6) is 0.740. The van der Waals surface area contributed by atoms with E-state index in [0.717, 1.165) is 17.1 Å². The van der Waals surface area contributed by atoms with Crippen LogP contribution in [0.4, 0.5) is 5.82 Å². The Bertz CT molecular complexity index is 595. The van der Waals surface area contributed by atoms with Gasteiger partial charge in [0.25, 0.3) is 0 Å². The van der Waals surface area contributed by atoms with Crippen LogP contribution in [0.1, 0.15) is 27.9 Å². The second-order valence-corrected chi connectivity index (χ2v) is 5.10. The quantitative estimate of drug-likeness (QED) is 0.835. The first-order valence-electron chi connectivity index (χ1n) is 6.21. The van der Waals surface area contributed by atoms with Crippen LogP contribution in [-0.2, 0) is 7.05 Å². The molecule has 0 saturated carbocycles. The van der Waals surface area contributed by atoms with Crippen molar-refractivity contribution in [1.29, 1.82) is 0 Å². The molecule has 2 N–H and O–H groups in total. The van der Waals surface area contributed by atoms with E-state index in [1.165, 1.54) is 27.8 Å². The van der Waals surface area contributed by atoms with Gasteiger partial charge in [-0.25, -0.2) is 0 Å². The average Bonchev–Trinajstić information content (AvgIpc) is 2.53. The zero-order valence-corrected chi connectivity index (χ0v) is 12.0. The fourth-order valence-corrected chi connectivity index (χ4v) is 2.58. The summed E-state index contributed by atoms with van der Waals surface area (Å²) in [7, 11) is 1.89. The Balaban J connectivity index is 2.87. The average molecular weight is 243 g/mol. The van der Waals surface area contributed by atoms with Crippen molar-refractivity contribution in [3.63, 3.8) is 0 Å². The van der Waals surface area contributed by atoms with Gasteiger partial charge in [0.1, 0.15) is 5.82 Å². The van der Waals surface area contributed by atoms with Crippen LogP contribution in [-0.4, -0.2) is 9.78 Å². The Morgan fingerprint density at radius 2 is 1.44 bits per heavy atom. The highest BCUT2D eigenvalue weighted by molar-refractivity contribution is 5.82. The molecule has 96 valence electrons. The standard InChI is InChI=1S/C15H21N3/c1-8-7-9(2)11(4)13(10(8)3)14-12(5)17-18(6)15(14)16/h7H,16H2,1-6H3. The van der Waals surface area contributed by atoms with E-state index < -0.39 is 0 Å². The highest BCUT2D eigenvalue weighted by atomic mass is 15.3. The van der Waals surface area contributed by atoms with E-state index in [0.29, 0.717) is 0 Å². The number of nitrogens with zero attached hydrogens (tertiary/aromatic N) is 2. The summed E-state index contributed by atoms with van der Waals surface area (Å²) in [6.45, 7) is 10.6. The lowest BCUT2D eigenvalue weighted by Gasteiger charge is -2.15.